The van der Waals surface area contributed by atoms with Gasteiger partial charge in [-0.25, -0.2) is 4.39 Å². The number of rotatable bonds is 8. The molecule has 3 rings (SSSR count). The Hall–Kier alpha value is -2.40. The Bertz CT molecular complexity index is 770. The Balaban J connectivity index is 1.74. The molecule has 1 amide bonds. The van der Waals surface area contributed by atoms with Crippen LogP contribution in [0.1, 0.15) is 42.6 Å². The summed E-state index contributed by atoms with van der Waals surface area (Å²) < 4.78 is 25.5. The van der Waals surface area contributed by atoms with Gasteiger partial charge in [0, 0.05) is 30.8 Å². The number of hydrogen-bond donors (Lipinski definition) is 0. The lowest BCUT2D eigenvalue weighted by Crippen LogP contribution is -2.37. The fourth-order valence-corrected chi connectivity index (χ4v) is 3.22. The van der Waals surface area contributed by atoms with E-state index >= 15 is 0 Å². The van der Waals surface area contributed by atoms with Crippen LogP contribution in [0.3, 0.4) is 0 Å². The van der Waals surface area contributed by atoms with Crippen molar-refractivity contribution in [1.82, 2.24) is 4.90 Å². The predicted octanol–water partition coefficient (Wildman–Crippen LogP) is 4.68. The Morgan fingerprint density at radius 1 is 1.21 bits per heavy atom. The van der Waals surface area contributed by atoms with E-state index in [2.05, 4.69) is 13.8 Å². The highest BCUT2D eigenvalue weighted by molar-refractivity contribution is 5.94. The van der Waals surface area contributed by atoms with E-state index < -0.39 is 0 Å². The number of amides is 1. The molecule has 1 heterocycles. The second-order valence-corrected chi connectivity index (χ2v) is 7.64. The molecule has 0 aliphatic carbocycles. The van der Waals surface area contributed by atoms with Gasteiger partial charge in [0.25, 0.3) is 5.91 Å². The first-order valence-corrected chi connectivity index (χ1v) is 9.90. The molecule has 1 atom stereocenters. The van der Waals surface area contributed by atoms with Crippen molar-refractivity contribution in [2.24, 2.45) is 5.92 Å². The number of nitrogens with zero attached hydrogens (tertiary/aromatic N) is 1. The number of carbonyl (C=O) groups excluding carboxylic acids is 1. The second kappa shape index (κ2) is 9.69. The van der Waals surface area contributed by atoms with Crippen LogP contribution in [0, 0.1) is 11.7 Å². The molecule has 2 aromatic rings. The molecule has 1 aliphatic rings. The summed E-state index contributed by atoms with van der Waals surface area (Å²) in [5, 5.41) is 0. The number of hydrogen-bond acceptors (Lipinski definition) is 3. The monoisotopic (exact) mass is 385 g/mol. The van der Waals surface area contributed by atoms with Crippen molar-refractivity contribution in [3.8, 4) is 5.75 Å². The van der Waals surface area contributed by atoms with Crippen LogP contribution in [0.25, 0.3) is 0 Å². The van der Waals surface area contributed by atoms with Crippen molar-refractivity contribution < 1.29 is 18.7 Å². The SMILES string of the molecule is CC(C)COc1ccc(C(=O)N(Cc2ccccc2F)CC2CCCO2)cc1. The summed E-state index contributed by atoms with van der Waals surface area (Å²) in [6.07, 6.45) is 1.92. The molecular formula is C23H28FNO3. The van der Waals surface area contributed by atoms with E-state index in [0.29, 0.717) is 36.8 Å². The average molecular weight is 385 g/mol. The zero-order valence-electron chi connectivity index (χ0n) is 16.6. The fraction of sp³-hybridized carbons (Fsp3) is 0.435. The van der Waals surface area contributed by atoms with Crippen LogP contribution < -0.4 is 4.74 Å². The zero-order chi connectivity index (χ0) is 19.9. The van der Waals surface area contributed by atoms with E-state index in [9.17, 15) is 9.18 Å². The maximum absolute atomic E-state index is 14.1. The van der Waals surface area contributed by atoms with E-state index in [1.165, 1.54) is 6.07 Å². The number of benzene rings is 2. The van der Waals surface area contributed by atoms with Gasteiger partial charge in [-0.05, 0) is 49.1 Å². The number of halogens is 1. The summed E-state index contributed by atoms with van der Waals surface area (Å²) in [5.74, 6) is 0.744. The van der Waals surface area contributed by atoms with E-state index in [1.54, 1.807) is 35.2 Å². The van der Waals surface area contributed by atoms with E-state index in [0.717, 1.165) is 18.6 Å². The number of carbonyl (C=O) groups is 1. The van der Waals surface area contributed by atoms with Gasteiger partial charge in [0.1, 0.15) is 11.6 Å². The summed E-state index contributed by atoms with van der Waals surface area (Å²) in [5.41, 5.74) is 1.07. The Kier molecular flexibility index (Phi) is 7.04. The third-order valence-electron chi connectivity index (χ3n) is 4.74. The normalized spacial score (nSPS) is 16.4. The molecule has 28 heavy (non-hydrogen) atoms. The molecule has 4 nitrogen and oxygen atoms in total. The smallest absolute Gasteiger partial charge is 0.254 e. The van der Waals surface area contributed by atoms with Crippen LogP contribution in [0.5, 0.6) is 5.75 Å². The van der Waals surface area contributed by atoms with Crippen LogP contribution in [0.2, 0.25) is 0 Å². The minimum atomic E-state index is -0.301. The van der Waals surface area contributed by atoms with E-state index in [1.807, 2.05) is 12.1 Å². The van der Waals surface area contributed by atoms with Gasteiger partial charge in [-0.1, -0.05) is 32.0 Å². The molecule has 5 heteroatoms. The first kappa shape index (κ1) is 20.3. The van der Waals surface area contributed by atoms with Crippen molar-refractivity contribution in [2.45, 2.75) is 39.3 Å². The molecule has 2 aromatic carbocycles. The van der Waals surface area contributed by atoms with Crippen LogP contribution >= 0.6 is 0 Å². The highest BCUT2D eigenvalue weighted by Crippen LogP contribution is 2.20. The average Bonchev–Trinajstić information content (AvgIpc) is 3.20. The van der Waals surface area contributed by atoms with Gasteiger partial charge in [-0.3, -0.25) is 4.79 Å². The molecule has 1 aliphatic heterocycles. The molecule has 0 bridgehead atoms. The van der Waals surface area contributed by atoms with Gasteiger partial charge in [0.05, 0.1) is 12.7 Å². The maximum atomic E-state index is 14.1. The van der Waals surface area contributed by atoms with Gasteiger partial charge in [-0.15, -0.1) is 0 Å². The first-order valence-electron chi connectivity index (χ1n) is 9.90. The minimum Gasteiger partial charge on any atom is -0.493 e. The van der Waals surface area contributed by atoms with Gasteiger partial charge in [0.2, 0.25) is 0 Å². The zero-order valence-corrected chi connectivity index (χ0v) is 16.6. The molecule has 0 spiro atoms. The van der Waals surface area contributed by atoms with Crippen molar-refractivity contribution in [1.29, 1.82) is 0 Å². The summed E-state index contributed by atoms with van der Waals surface area (Å²) in [4.78, 5) is 14.8. The minimum absolute atomic E-state index is 0.00405. The van der Waals surface area contributed by atoms with Crippen molar-refractivity contribution >= 4 is 5.91 Å². The molecule has 1 fully saturated rings. The quantitative estimate of drug-likeness (QED) is 0.662. The third kappa shape index (κ3) is 5.55. The lowest BCUT2D eigenvalue weighted by molar-refractivity contribution is 0.0505. The molecule has 0 aromatic heterocycles. The summed E-state index contributed by atoms with van der Waals surface area (Å²) in [7, 11) is 0. The van der Waals surface area contributed by atoms with E-state index in [-0.39, 0.29) is 24.4 Å². The van der Waals surface area contributed by atoms with Crippen LogP contribution in [0.15, 0.2) is 48.5 Å². The Labute approximate surface area is 166 Å². The van der Waals surface area contributed by atoms with Gasteiger partial charge in [0.15, 0.2) is 0 Å². The molecule has 0 radical (unpaired) electrons. The summed E-state index contributed by atoms with van der Waals surface area (Å²) in [6.45, 7) is 6.20. The first-order chi connectivity index (χ1) is 13.5. The molecule has 1 saturated heterocycles. The lowest BCUT2D eigenvalue weighted by Gasteiger charge is -2.26. The lowest BCUT2D eigenvalue weighted by atomic mass is 10.1. The molecule has 0 N–H and O–H groups in total. The van der Waals surface area contributed by atoms with Crippen molar-refractivity contribution in [3.63, 3.8) is 0 Å². The second-order valence-electron chi connectivity index (χ2n) is 7.64. The molecule has 1 unspecified atom stereocenters. The molecule has 0 saturated carbocycles. The van der Waals surface area contributed by atoms with Gasteiger partial charge in [-0.2, -0.15) is 0 Å². The largest absolute Gasteiger partial charge is 0.493 e. The van der Waals surface area contributed by atoms with Crippen LogP contribution in [-0.2, 0) is 11.3 Å². The molecule has 150 valence electrons. The van der Waals surface area contributed by atoms with Crippen LogP contribution in [-0.4, -0.2) is 36.7 Å². The number of ether oxygens (including phenoxy) is 2. The van der Waals surface area contributed by atoms with Crippen molar-refractivity contribution in [3.05, 3.63) is 65.5 Å². The topological polar surface area (TPSA) is 38.8 Å². The standard InChI is InChI=1S/C23H28FNO3/c1-17(2)16-28-20-11-9-18(10-12-20)23(26)25(15-21-7-5-13-27-21)14-19-6-3-4-8-22(19)24/h3-4,6,8-12,17,21H,5,7,13-16H2,1-2H3. The Morgan fingerprint density at radius 2 is 1.96 bits per heavy atom. The molecular weight excluding hydrogens is 357 g/mol. The van der Waals surface area contributed by atoms with Gasteiger partial charge >= 0.3 is 0 Å². The maximum Gasteiger partial charge on any atom is 0.254 e. The third-order valence-corrected chi connectivity index (χ3v) is 4.74. The predicted molar refractivity (Wildman–Crippen MR) is 107 cm³/mol. The van der Waals surface area contributed by atoms with E-state index in [4.69, 9.17) is 9.47 Å². The summed E-state index contributed by atoms with van der Waals surface area (Å²) in [6, 6.07) is 13.7. The summed E-state index contributed by atoms with van der Waals surface area (Å²) >= 11 is 0. The van der Waals surface area contributed by atoms with Gasteiger partial charge < -0.3 is 14.4 Å². The van der Waals surface area contributed by atoms with Crippen LogP contribution in [0.4, 0.5) is 4.39 Å². The fourth-order valence-electron chi connectivity index (χ4n) is 3.22. The Morgan fingerprint density at radius 3 is 2.61 bits per heavy atom. The highest BCUT2D eigenvalue weighted by Gasteiger charge is 2.24. The highest BCUT2D eigenvalue weighted by atomic mass is 19.1. The van der Waals surface area contributed by atoms with Crippen molar-refractivity contribution in [2.75, 3.05) is 19.8 Å².